The van der Waals surface area contributed by atoms with E-state index in [1.165, 1.54) is 30.9 Å². The van der Waals surface area contributed by atoms with Crippen molar-refractivity contribution in [1.29, 1.82) is 0 Å². The molecule has 0 spiro atoms. The van der Waals surface area contributed by atoms with Gasteiger partial charge in [0.15, 0.2) is 0 Å². The number of amides is 2. The van der Waals surface area contributed by atoms with E-state index in [0.29, 0.717) is 5.75 Å². The summed E-state index contributed by atoms with van der Waals surface area (Å²) in [5, 5.41) is 2.39. The summed E-state index contributed by atoms with van der Waals surface area (Å²) >= 11 is 0. The highest BCUT2D eigenvalue weighted by molar-refractivity contribution is 5.95. The lowest BCUT2D eigenvalue weighted by Gasteiger charge is -2.13. The second-order valence-electron chi connectivity index (χ2n) is 4.82. The van der Waals surface area contributed by atoms with Crippen LogP contribution in [-0.4, -0.2) is 30.5 Å². The number of rotatable bonds is 5. The Morgan fingerprint density at radius 2 is 2.00 bits per heavy atom. The van der Waals surface area contributed by atoms with Crippen LogP contribution in [0.4, 0.5) is 0 Å². The predicted molar refractivity (Wildman–Crippen MR) is 84.7 cm³/mol. The predicted octanol–water partition coefficient (Wildman–Crippen LogP) is 0.364. The Hall–Kier alpha value is -3.09. The number of benzene rings is 1. The molecule has 0 aliphatic rings. The van der Waals surface area contributed by atoms with Gasteiger partial charge in [-0.3, -0.25) is 19.0 Å². The van der Waals surface area contributed by atoms with Gasteiger partial charge in [0.05, 0.1) is 13.7 Å². The van der Waals surface area contributed by atoms with Crippen molar-refractivity contribution in [3.8, 4) is 5.75 Å². The highest BCUT2D eigenvalue weighted by Crippen LogP contribution is 2.14. The van der Waals surface area contributed by atoms with E-state index in [4.69, 9.17) is 10.5 Å². The van der Waals surface area contributed by atoms with Crippen molar-refractivity contribution in [2.24, 2.45) is 5.73 Å². The molecule has 0 radical (unpaired) electrons. The van der Waals surface area contributed by atoms with Crippen molar-refractivity contribution in [3.63, 3.8) is 0 Å². The van der Waals surface area contributed by atoms with Crippen LogP contribution in [0.25, 0.3) is 0 Å². The van der Waals surface area contributed by atoms with Crippen LogP contribution in [0.5, 0.6) is 5.75 Å². The molecule has 2 rings (SSSR count). The molecule has 7 nitrogen and oxygen atoms in total. The maximum absolute atomic E-state index is 12.5. The van der Waals surface area contributed by atoms with Crippen LogP contribution in [0.2, 0.25) is 0 Å². The molecule has 0 saturated carbocycles. The molecule has 1 aromatic heterocycles. The summed E-state index contributed by atoms with van der Waals surface area (Å²) in [5.74, 6) is -0.641. The number of nitrogens with one attached hydrogen (secondary N) is 1. The molecule has 1 heterocycles. The summed E-state index contributed by atoms with van der Waals surface area (Å²) in [6, 6.07) is 9.72. The average molecular weight is 315 g/mol. The van der Waals surface area contributed by atoms with Gasteiger partial charge in [-0.25, -0.2) is 0 Å². The Labute approximate surface area is 132 Å². The average Bonchev–Trinajstić information content (AvgIpc) is 2.55. The number of nitrogens with zero attached hydrogens (tertiary/aromatic N) is 1. The van der Waals surface area contributed by atoms with Gasteiger partial charge in [0, 0.05) is 7.05 Å². The van der Waals surface area contributed by atoms with Crippen LogP contribution in [0.1, 0.15) is 26.4 Å². The van der Waals surface area contributed by atoms with Gasteiger partial charge in [-0.2, -0.15) is 0 Å². The number of hydrogen-bond acceptors (Lipinski definition) is 4. The Kier molecular flexibility index (Phi) is 4.80. The SMILES string of the molecule is CNC(=O)c1ccc(C(N)=O)n(Cc2cccc(OC)c2)c1=O. The molecule has 2 amide bonds. The Balaban J connectivity index is 2.56. The summed E-state index contributed by atoms with van der Waals surface area (Å²) in [6.45, 7) is 0.0964. The van der Waals surface area contributed by atoms with Crippen LogP contribution in [-0.2, 0) is 6.54 Å². The second kappa shape index (κ2) is 6.78. The number of hydrogen-bond donors (Lipinski definition) is 2. The first-order valence-electron chi connectivity index (χ1n) is 6.86. The van der Waals surface area contributed by atoms with E-state index < -0.39 is 17.4 Å². The number of carbonyl (C=O) groups excluding carboxylic acids is 2. The highest BCUT2D eigenvalue weighted by Gasteiger charge is 2.17. The third-order valence-electron chi connectivity index (χ3n) is 3.37. The van der Waals surface area contributed by atoms with E-state index in [1.54, 1.807) is 24.3 Å². The summed E-state index contributed by atoms with van der Waals surface area (Å²) < 4.78 is 6.32. The Bertz CT molecular complexity index is 811. The van der Waals surface area contributed by atoms with Gasteiger partial charge >= 0.3 is 0 Å². The minimum Gasteiger partial charge on any atom is -0.497 e. The molecule has 0 fully saturated rings. The molecule has 0 saturated heterocycles. The number of primary amides is 1. The van der Waals surface area contributed by atoms with Crippen molar-refractivity contribution in [1.82, 2.24) is 9.88 Å². The van der Waals surface area contributed by atoms with E-state index in [2.05, 4.69) is 5.32 Å². The number of carbonyl (C=O) groups is 2. The summed E-state index contributed by atoms with van der Waals surface area (Å²) in [5.41, 5.74) is 5.46. The number of methoxy groups -OCH3 is 1. The smallest absolute Gasteiger partial charge is 0.265 e. The monoisotopic (exact) mass is 315 g/mol. The largest absolute Gasteiger partial charge is 0.497 e. The summed E-state index contributed by atoms with van der Waals surface area (Å²) in [6.07, 6.45) is 0. The lowest BCUT2D eigenvalue weighted by Crippen LogP contribution is -2.35. The third-order valence-corrected chi connectivity index (χ3v) is 3.37. The van der Waals surface area contributed by atoms with Crippen LogP contribution in [0.3, 0.4) is 0 Å². The van der Waals surface area contributed by atoms with Crippen LogP contribution >= 0.6 is 0 Å². The van der Waals surface area contributed by atoms with Gasteiger partial charge in [0.25, 0.3) is 17.4 Å². The lowest BCUT2D eigenvalue weighted by atomic mass is 10.1. The standard InChI is InChI=1S/C16H17N3O4/c1-18-15(21)12-6-7-13(14(17)20)19(16(12)22)9-10-4-3-5-11(8-10)23-2/h3-8H,9H2,1-2H3,(H2,17,20)(H,18,21). The molecule has 3 N–H and O–H groups in total. The van der Waals surface area contributed by atoms with Gasteiger partial charge in [-0.1, -0.05) is 12.1 Å². The van der Waals surface area contributed by atoms with Crippen molar-refractivity contribution >= 4 is 11.8 Å². The van der Waals surface area contributed by atoms with Crippen LogP contribution < -0.4 is 21.3 Å². The molecule has 1 aromatic carbocycles. The lowest BCUT2D eigenvalue weighted by molar-refractivity contribution is 0.0954. The van der Waals surface area contributed by atoms with E-state index >= 15 is 0 Å². The molecular formula is C16H17N3O4. The first-order valence-corrected chi connectivity index (χ1v) is 6.86. The fourth-order valence-corrected chi connectivity index (χ4v) is 2.21. The first kappa shape index (κ1) is 16.3. The summed E-state index contributed by atoms with van der Waals surface area (Å²) in [7, 11) is 2.96. The maximum atomic E-state index is 12.5. The van der Waals surface area contributed by atoms with Crippen LogP contribution in [0.15, 0.2) is 41.2 Å². The zero-order chi connectivity index (χ0) is 17.0. The first-order chi connectivity index (χ1) is 11.0. The molecule has 0 aliphatic carbocycles. The van der Waals surface area contributed by atoms with Crippen molar-refractivity contribution < 1.29 is 14.3 Å². The number of ether oxygens (including phenoxy) is 1. The van der Waals surface area contributed by atoms with Gasteiger partial charge < -0.3 is 15.8 Å². The fourth-order valence-electron chi connectivity index (χ4n) is 2.21. The zero-order valence-corrected chi connectivity index (χ0v) is 12.8. The van der Waals surface area contributed by atoms with Gasteiger partial charge in [0.2, 0.25) is 0 Å². The second-order valence-corrected chi connectivity index (χ2v) is 4.82. The van der Waals surface area contributed by atoms with Gasteiger partial charge in [0.1, 0.15) is 17.0 Å². The van der Waals surface area contributed by atoms with E-state index in [1.807, 2.05) is 0 Å². The minimum atomic E-state index is -0.742. The molecular weight excluding hydrogens is 298 g/mol. The Morgan fingerprint density at radius 3 is 2.61 bits per heavy atom. The van der Waals surface area contributed by atoms with Crippen molar-refractivity contribution in [3.05, 3.63) is 63.6 Å². The Morgan fingerprint density at radius 1 is 1.26 bits per heavy atom. The molecule has 23 heavy (non-hydrogen) atoms. The molecule has 2 aromatic rings. The van der Waals surface area contributed by atoms with Crippen molar-refractivity contribution in [2.75, 3.05) is 14.2 Å². The zero-order valence-electron chi connectivity index (χ0n) is 12.8. The molecule has 0 unspecified atom stereocenters. The molecule has 120 valence electrons. The fraction of sp³-hybridized carbons (Fsp3) is 0.188. The van der Waals surface area contributed by atoms with Crippen LogP contribution in [0, 0.1) is 0 Å². The maximum Gasteiger partial charge on any atom is 0.265 e. The number of nitrogens with two attached hydrogens (primary N) is 1. The van der Waals surface area contributed by atoms with Crippen molar-refractivity contribution in [2.45, 2.75) is 6.54 Å². The quantitative estimate of drug-likeness (QED) is 0.831. The normalized spacial score (nSPS) is 10.2. The topological polar surface area (TPSA) is 103 Å². The van der Waals surface area contributed by atoms with E-state index in [-0.39, 0.29) is 17.8 Å². The van der Waals surface area contributed by atoms with Gasteiger partial charge in [-0.15, -0.1) is 0 Å². The number of pyridine rings is 1. The molecule has 0 bridgehead atoms. The molecule has 0 aliphatic heterocycles. The molecule has 7 heteroatoms. The minimum absolute atomic E-state index is 0.0328. The van der Waals surface area contributed by atoms with E-state index in [9.17, 15) is 14.4 Å². The molecule has 0 atom stereocenters. The summed E-state index contributed by atoms with van der Waals surface area (Å²) in [4.78, 5) is 35.9. The van der Waals surface area contributed by atoms with E-state index in [0.717, 1.165) is 5.56 Å². The van der Waals surface area contributed by atoms with Gasteiger partial charge in [-0.05, 0) is 29.8 Å². The number of aromatic nitrogens is 1. The highest BCUT2D eigenvalue weighted by atomic mass is 16.5. The third kappa shape index (κ3) is 3.39.